The van der Waals surface area contributed by atoms with Crippen molar-refractivity contribution in [2.45, 2.75) is 6.92 Å². The summed E-state index contributed by atoms with van der Waals surface area (Å²) in [5.41, 5.74) is 3.46. The standard InChI is InChI=1S/C17H12N2O/c1-12-6-5-9-19-15(10-14(11-18)16(12)19)17(20)13-7-3-2-4-8-13/h2-10H,1H3. The van der Waals surface area contributed by atoms with E-state index in [2.05, 4.69) is 6.07 Å². The molecule has 0 aliphatic heterocycles. The minimum atomic E-state index is -0.0762. The molecule has 3 rings (SSSR count). The van der Waals surface area contributed by atoms with Crippen molar-refractivity contribution in [3.63, 3.8) is 0 Å². The van der Waals surface area contributed by atoms with Gasteiger partial charge in [-0.05, 0) is 24.6 Å². The van der Waals surface area contributed by atoms with Crippen molar-refractivity contribution < 1.29 is 4.79 Å². The van der Waals surface area contributed by atoms with Gasteiger partial charge in [0.25, 0.3) is 0 Å². The third kappa shape index (κ3) is 1.79. The fourth-order valence-electron chi connectivity index (χ4n) is 2.43. The normalized spacial score (nSPS) is 10.4. The summed E-state index contributed by atoms with van der Waals surface area (Å²) >= 11 is 0. The molecule has 0 saturated carbocycles. The van der Waals surface area contributed by atoms with E-state index in [0.717, 1.165) is 11.1 Å². The van der Waals surface area contributed by atoms with Gasteiger partial charge in [0.15, 0.2) is 0 Å². The molecule has 0 amide bonds. The van der Waals surface area contributed by atoms with E-state index in [1.54, 1.807) is 22.6 Å². The zero-order valence-electron chi connectivity index (χ0n) is 11.0. The van der Waals surface area contributed by atoms with E-state index in [1.165, 1.54) is 0 Å². The van der Waals surface area contributed by atoms with E-state index in [-0.39, 0.29) is 5.78 Å². The number of nitriles is 1. The zero-order valence-corrected chi connectivity index (χ0v) is 11.0. The summed E-state index contributed by atoms with van der Waals surface area (Å²) in [7, 11) is 0. The third-order valence-electron chi connectivity index (χ3n) is 3.38. The van der Waals surface area contributed by atoms with Crippen LogP contribution < -0.4 is 0 Å². The lowest BCUT2D eigenvalue weighted by molar-refractivity contribution is 0.103. The first kappa shape index (κ1) is 12.2. The summed E-state index contributed by atoms with van der Waals surface area (Å²) in [6, 6.07) is 16.7. The van der Waals surface area contributed by atoms with E-state index < -0.39 is 0 Å². The highest BCUT2D eigenvalue weighted by molar-refractivity contribution is 6.09. The molecule has 0 aliphatic carbocycles. The van der Waals surface area contributed by atoms with Crippen LogP contribution in [-0.4, -0.2) is 10.2 Å². The maximum absolute atomic E-state index is 12.6. The van der Waals surface area contributed by atoms with Crippen LogP contribution in [0.1, 0.15) is 27.2 Å². The smallest absolute Gasteiger partial charge is 0.209 e. The van der Waals surface area contributed by atoms with Crippen LogP contribution in [0, 0.1) is 18.3 Å². The van der Waals surface area contributed by atoms with Gasteiger partial charge in [-0.1, -0.05) is 36.4 Å². The predicted octanol–water partition coefficient (Wildman–Crippen LogP) is 3.35. The molecule has 96 valence electrons. The van der Waals surface area contributed by atoms with Gasteiger partial charge >= 0.3 is 0 Å². The van der Waals surface area contributed by atoms with Crippen LogP contribution >= 0.6 is 0 Å². The van der Waals surface area contributed by atoms with E-state index >= 15 is 0 Å². The summed E-state index contributed by atoms with van der Waals surface area (Å²) in [6.07, 6.45) is 1.82. The molecule has 0 bridgehead atoms. The molecule has 3 heteroatoms. The van der Waals surface area contributed by atoms with Gasteiger partial charge in [-0.15, -0.1) is 0 Å². The second-order valence-corrected chi connectivity index (χ2v) is 4.66. The second kappa shape index (κ2) is 4.67. The van der Waals surface area contributed by atoms with Crippen LogP contribution in [0.25, 0.3) is 5.52 Å². The highest BCUT2D eigenvalue weighted by Crippen LogP contribution is 2.22. The molecule has 20 heavy (non-hydrogen) atoms. The number of pyridine rings is 1. The van der Waals surface area contributed by atoms with E-state index in [1.807, 2.05) is 43.5 Å². The first-order chi connectivity index (χ1) is 9.72. The molecular weight excluding hydrogens is 248 g/mol. The van der Waals surface area contributed by atoms with Crippen LogP contribution in [0.5, 0.6) is 0 Å². The number of nitrogens with zero attached hydrogens (tertiary/aromatic N) is 2. The fraction of sp³-hybridized carbons (Fsp3) is 0.0588. The van der Waals surface area contributed by atoms with Crippen molar-refractivity contribution in [3.05, 3.63) is 77.1 Å². The number of carbonyl (C=O) groups is 1. The van der Waals surface area contributed by atoms with E-state index in [9.17, 15) is 10.1 Å². The van der Waals surface area contributed by atoms with Crippen molar-refractivity contribution in [1.82, 2.24) is 4.40 Å². The highest BCUT2D eigenvalue weighted by atomic mass is 16.1. The van der Waals surface area contributed by atoms with Crippen molar-refractivity contribution in [2.75, 3.05) is 0 Å². The summed E-state index contributed by atoms with van der Waals surface area (Å²) < 4.78 is 1.79. The molecule has 0 aliphatic rings. The highest BCUT2D eigenvalue weighted by Gasteiger charge is 2.17. The van der Waals surface area contributed by atoms with Gasteiger partial charge in [-0.2, -0.15) is 5.26 Å². The Bertz CT molecular complexity index is 839. The molecule has 0 spiro atoms. The Morgan fingerprint density at radius 3 is 2.60 bits per heavy atom. The summed E-state index contributed by atoms with van der Waals surface area (Å²) in [4.78, 5) is 12.6. The molecule has 0 saturated heterocycles. The average Bonchev–Trinajstić information content (AvgIpc) is 2.87. The maximum atomic E-state index is 12.6. The molecule has 3 aromatic rings. The molecule has 0 unspecified atom stereocenters. The lowest BCUT2D eigenvalue weighted by Crippen LogP contribution is -2.04. The number of hydrogen-bond donors (Lipinski definition) is 0. The maximum Gasteiger partial charge on any atom is 0.209 e. The van der Waals surface area contributed by atoms with Crippen LogP contribution in [0.15, 0.2) is 54.7 Å². The van der Waals surface area contributed by atoms with Crippen LogP contribution in [0.4, 0.5) is 0 Å². The quantitative estimate of drug-likeness (QED) is 0.663. The molecular formula is C17H12N2O. The molecule has 0 N–H and O–H groups in total. The Labute approximate surface area is 116 Å². The van der Waals surface area contributed by atoms with Gasteiger partial charge in [0.2, 0.25) is 5.78 Å². The van der Waals surface area contributed by atoms with Gasteiger partial charge < -0.3 is 4.40 Å². The molecule has 0 radical (unpaired) electrons. The molecule has 2 aromatic heterocycles. The molecule has 0 fully saturated rings. The van der Waals surface area contributed by atoms with Gasteiger partial charge in [0.05, 0.1) is 16.8 Å². The fourth-order valence-corrected chi connectivity index (χ4v) is 2.43. The summed E-state index contributed by atoms with van der Waals surface area (Å²) in [5.74, 6) is -0.0762. The second-order valence-electron chi connectivity index (χ2n) is 4.66. The first-order valence-electron chi connectivity index (χ1n) is 6.33. The topological polar surface area (TPSA) is 45.3 Å². The minimum Gasteiger partial charge on any atom is -0.312 e. The first-order valence-corrected chi connectivity index (χ1v) is 6.33. The molecule has 2 heterocycles. The number of rotatable bonds is 2. The van der Waals surface area contributed by atoms with Crippen LogP contribution in [-0.2, 0) is 0 Å². The molecule has 0 atom stereocenters. The molecule has 1 aromatic carbocycles. The zero-order chi connectivity index (χ0) is 14.1. The lowest BCUT2D eigenvalue weighted by atomic mass is 10.1. The number of hydrogen-bond acceptors (Lipinski definition) is 2. The number of fused-ring (bicyclic) bond motifs is 1. The van der Waals surface area contributed by atoms with Crippen molar-refractivity contribution in [2.24, 2.45) is 0 Å². The van der Waals surface area contributed by atoms with Gasteiger partial charge in [-0.25, -0.2) is 0 Å². The van der Waals surface area contributed by atoms with Gasteiger partial charge in [-0.3, -0.25) is 4.79 Å². The number of aryl methyl sites for hydroxylation is 1. The largest absolute Gasteiger partial charge is 0.312 e. The lowest BCUT2D eigenvalue weighted by Gasteiger charge is -2.04. The summed E-state index contributed by atoms with van der Waals surface area (Å²) in [5, 5.41) is 9.25. The summed E-state index contributed by atoms with van der Waals surface area (Å²) in [6.45, 7) is 1.94. The Hall–Kier alpha value is -2.86. The number of aromatic nitrogens is 1. The van der Waals surface area contributed by atoms with E-state index in [4.69, 9.17) is 0 Å². The SMILES string of the molecule is Cc1cccn2c(C(=O)c3ccccc3)cc(C#N)c12. The molecule has 3 nitrogen and oxygen atoms in total. The number of benzene rings is 1. The third-order valence-corrected chi connectivity index (χ3v) is 3.38. The number of carbonyl (C=O) groups excluding carboxylic acids is 1. The van der Waals surface area contributed by atoms with Crippen LogP contribution in [0.2, 0.25) is 0 Å². The van der Waals surface area contributed by atoms with Crippen molar-refractivity contribution in [3.8, 4) is 6.07 Å². The van der Waals surface area contributed by atoms with Crippen molar-refractivity contribution >= 4 is 11.3 Å². The van der Waals surface area contributed by atoms with Crippen molar-refractivity contribution in [1.29, 1.82) is 5.26 Å². The van der Waals surface area contributed by atoms with Gasteiger partial charge in [0, 0.05) is 11.8 Å². The van der Waals surface area contributed by atoms with Gasteiger partial charge in [0.1, 0.15) is 6.07 Å². The minimum absolute atomic E-state index is 0.0762. The Morgan fingerprint density at radius 2 is 1.90 bits per heavy atom. The Kier molecular flexibility index (Phi) is 2.85. The average molecular weight is 260 g/mol. The predicted molar refractivity (Wildman–Crippen MR) is 76.7 cm³/mol. The Morgan fingerprint density at radius 1 is 1.15 bits per heavy atom. The Balaban J connectivity index is 2.26. The van der Waals surface area contributed by atoms with Crippen LogP contribution in [0.3, 0.4) is 0 Å². The number of ketones is 1. The van der Waals surface area contributed by atoms with E-state index in [0.29, 0.717) is 16.8 Å². The monoisotopic (exact) mass is 260 g/mol.